The third-order valence-corrected chi connectivity index (χ3v) is 5.10. The van der Waals surface area contributed by atoms with E-state index in [1.54, 1.807) is 24.3 Å². The van der Waals surface area contributed by atoms with Crippen LogP contribution in [0, 0.1) is 0 Å². The number of nitrogens with one attached hydrogen (secondary N) is 2. The van der Waals surface area contributed by atoms with Gasteiger partial charge in [-0.15, -0.1) is 0 Å². The minimum atomic E-state index is -4.67. The summed E-state index contributed by atoms with van der Waals surface area (Å²) in [5, 5.41) is 6.19. The molecule has 0 unspecified atom stereocenters. The first-order valence-electron chi connectivity index (χ1n) is 8.14. The fourth-order valence-corrected chi connectivity index (χ4v) is 3.31. The SMILES string of the molecule is O=C(Nc1ccc(S(=O)(=O)NCC(F)(F)F)cc1)c1cc(-c2ccccc2)on1. The minimum absolute atomic E-state index is 0.00685. The molecule has 3 rings (SSSR count). The number of nitrogens with zero attached hydrogens (tertiary/aromatic N) is 1. The average Bonchev–Trinajstić information content (AvgIpc) is 3.18. The summed E-state index contributed by atoms with van der Waals surface area (Å²) in [6.07, 6.45) is -4.67. The van der Waals surface area contributed by atoms with E-state index in [4.69, 9.17) is 4.52 Å². The van der Waals surface area contributed by atoms with Gasteiger partial charge in [0.2, 0.25) is 10.0 Å². The van der Waals surface area contributed by atoms with Crippen molar-refractivity contribution in [3.63, 3.8) is 0 Å². The van der Waals surface area contributed by atoms with E-state index in [1.165, 1.54) is 22.9 Å². The Morgan fingerprint density at radius 1 is 1.03 bits per heavy atom. The van der Waals surface area contributed by atoms with Gasteiger partial charge < -0.3 is 9.84 Å². The molecule has 7 nitrogen and oxygen atoms in total. The Hall–Kier alpha value is -3.18. The molecule has 0 aliphatic rings. The van der Waals surface area contributed by atoms with Crippen molar-refractivity contribution in [1.29, 1.82) is 0 Å². The Balaban J connectivity index is 1.67. The van der Waals surface area contributed by atoms with E-state index < -0.39 is 28.7 Å². The smallest absolute Gasteiger partial charge is 0.355 e. The Kier molecular flexibility index (Phi) is 5.71. The molecule has 3 aromatic rings. The van der Waals surface area contributed by atoms with Crippen molar-refractivity contribution >= 4 is 21.6 Å². The lowest BCUT2D eigenvalue weighted by Crippen LogP contribution is -2.33. The Morgan fingerprint density at radius 2 is 1.69 bits per heavy atom. The van der Waals surface area contributed by atoms with Crippen molar-refractivity contribution in [3.8, 4) is 11.3 Å². The highest BCUT2D eigenvalue weighted by molar-refractivity contribution is 7.89. The number of carbonyl (C=O) groups is 1. The maximum Gasteiger partial charge on any atom is 0.402 e. The van der Waals surface area contributed by atoms with Crippen molar-refractivity contribution < 1.29 is 30.9 Å². The van der Waals surface area contributed by atoms with Gasteiger partial charge in [-0.2, -0.15) is 13.2 Å². The number of hydrogen-bond acceptors (Lipinski definition) is 5. The summed E-state index contributed by atoms with van der Waals surface area (Å²) in [4.78, 5) is 11.9. The van der Waals surface area contributed by atoms with Gasteiger partial charge in [0.05, 0.1) is 4.90 Å². The molecule has 0 saturated heterocycles. The van der Waals surface area contributed by atoms with Crippen LogP contribution >= 0.6 is 0 Å². The van der Waals surface area contributed by atoms with E-state index in [1.807, 2.05) is 6.07 Å². The van der Waals surface area contributed by atoms with Gasteiger partial charge in [0.1, 0.15) is 6.54 Å². The second-order valence-electron chi connectivity index (χ2n) is 5.86. The number of aromatic nitrogens is 1. The Labute approximate surface area is 163 Å². The van der Waals surface area contributed by atoms with Crippen molar-refractivity contribution in [1.82, 2.24) is 9.88 Å². The summed E-state index contributed by atoms with van der Waals surface area (Å²) in [5.41, 5.74) is 0.974. The molecule has 2 aromatic carbocycles. The predicted molar refractivity (Wildman–Crippen MR) is 97.6 cm³/mol. The summed E-state index contributed by atoms with van der Waals surface area (Å²) in [7, 11) is -4.33. The lowest BCUT2D eigenvalue weighted by Gasteiger charge is -2.10. The van der Waals surface area contributed by atoms with Crippen LogP contribution in [-0.2, 0) is 10.0 Å². The minimum Gasteiger partial charge on any atom is -0.355 e. The molecule has 0 bridgehead atoms. The van der Waals surface area contributed by atoms with Crippen LogP contribution in [0.3, 0.4) is 0 Å². The molecule has 11 heteroatoms. The van der Waals surface area contributed by atoms with Crippen LogP contribution in [0.15, 0.2) is 70.1 Å². The van der Waals surface area contributed by atoms with Gasteiger partial charge in [0.25, 0.3) is 5.91 Å². The first-order chi connectivity index (χ1) is 13.6. The lowest BCUT2D eigenvalue weighted by molar-refractivity contribution is -0.121. The van der Waals surface area contributed by atoms with Gasteiger partial charge in [-0.3, -0.25) is 4.79 Å². The zero-order valence-corrected chi connectivity index (χ0v) is 15.4. The second kappa shape index (κ2) is 8.05. The molecular formula is C18H14F3N3O4S. The van der Waals surface area contributed by atoms with Gasteiger partial charge in [0, 0.05) is 17.3 Å². The van der Waals surface area contributed by atoms with E-state index in [0.29, 0.717) is 5.76 Å². The molecule has 0 aliphatic heterocycles. The van der Waals surface area contributed by atoms with Crippen LogP contribution in [0.5, 0.6) is 0 Å². The molecule has 0 fully saturated rings. The fraction of sp³-hybridized carbons (Fsp3) is 0.111. The molecule has 1 aromatic heterocycles. The van der Waals surface area contributed by atoms with E-state index >= 15 is 0 Å². The lowest BCUT2D eigenvalue weighted by atomic mass is 10.1. The maximum absolute atomic E-state index is 12.3. The van der Waals surface area contributed by atoms with Gasteiger partial charge in [-0.1, -0.05) is 35.5 Å². The van der Waals surface area contributed by atoms with Gasteiger partial charge in [-0.25, -0.2) is 13.1 Å². The zero-order chi connectivity index (χ0) is 21.1. The summed E-state index contributed by atoms with van der Waals surface area (Å²) in [5.74, 6) is -0.199. The van der Waals surface area contributed by atoms with Gasteiger partial charge in [-0.05, 0) is 24.3 Å². The summed E-state index contributed by atoms with van der Waals surface area (Å²) in [6.45, 7) is -1.68. The Morgan fingerprint density at radius 3 is 2.31 bits per heavy atom. The van der Waals surface area contributed by atoms with E-state index in [0.717, 1.165) is 17.7 Å². The van der Waals surface area contributed by atoms with Crippen LogP contribution in [0.1, 0.15) is 10.5 Å². The quantitative estimate of drug-likeness (QED) is 0.630. The highest BCUT2D eigenvalue weighted by Gasteiger charge is 2.30. The van der Waals surface area contributed by atoms with Crippen molar-refractivity contribution in [2.75, 3.05) is 11.9 Å². The third kappa shape index (κ3) is 5.42. The van der Waals surface area contributed by atoms with E-state index in [9.17, 15) is 26.4 Å². The first-order valence-corrected chi connectivity index (χ1v) is 9.62. The standard InChI is InChI=1S/C18H14F3N3O4S/c19-18(20,21)11-22-29(26,27)14-8-6-13(7-9-14)23-17(25)15-10-16(28-24-15)12-4-2-1-3-5-12/h1-10,22H,11H2,(H,23,25). The molecule has 29 heavy (non-hydrogen) atoms. The summed E-state index contributed by atoms with van der Waals surface area (Å²) < 4.78 is 66.9. The second-order valence-corrected chi connectivity index (χ2v) is 7.63. The molecule has 0 radical (unpaired) electrons. The van der Waals surface area contributed by atoms with Crippen LogP contribution in [0.2, 0.25) is 0 Å². The summed E-state index contributed by atoms with van der Waals surface area (Å²) >= 11 is 0. The monoisotopic (exact) mass is 425 g/mol. The van der Waals surface area contributed by atoms with Crippen LogP contribution in [0.4, 0.5) is 18.9 Å². The molecular weight excluding hydrogens is 411 g/mol. The number of benzene rings is 2. The molecule has 0 spiro atoms. The Bertz CT molecular complexity index is 1100. The topological polar surface area (TPSA) is 101 Å². The van der Waals surface area contributed by atoms with E-state index in [-0.39, 0.29) is 16.3 Å². The van der Waals surface area contributed by atoms with Crippen LogP contribution < -0.4 is 10.0 Å². The molecule has 0 atom stereocenters. The molecule has 0 aliphatic carbocycles. The number of carbonyl (C=O) groups excluding carboxylic acids is 1. The largest absolute Gasteiger partial charge is 0.402 e. The third-order valence-electron chi connectivity index (χ3n) is 3.69. The van der Waals surface area contributed by atoms with E-state index in [2.05, 4.69) is 10.5 Å². The number of amides is 1. The molecule has 1 amide bonds. The number of rotatable bonds is 6. The number of hydrogen-bond donors (Lipinski definition) is 2. The van der Waals surface area contributed by atoms with Crippen molar-refractivity contribution in [2.45, 2.75) is 11.1 Å². The van der Waals surface area contributed by atoms with Crippen LogP contribution in [0.25, 0.3) is 11.3 Å². The van der Waals surface area contributed by atoms with Crippen molar-refractivity contribution in [3.05, 3.63) is 66.4 Å². The number of anilines is 1. The molecule has 152 valence electrons. The normalized spacial score (nSPS) is 12.0. The van der Waals surface area contributed by atoms with Gasteiger partial charge in [0.15, 0.2) is 11.5 Å². The number of sulfonamides is 1. The molecule has 0 saturated carbocycles. The first kappa shape index (κ1) is 20.6. The molecule has 1 heterocycles. The zero-order valence-electron chi connectivity index (χ0n) is 14.6. The highest BCUT2D eigenvalue weighted by atomic mass is 32.2. The average molecular weight is 425 g/mol. The predicted octanol–water partition coefficient (Wildman–Crippen LogP) is 3.43. The summed E-state index contributed by atoms with van der Waals surface area (Å²) in [6, 6.07) is 15.1. The maximum atomic E-state index is 12.3. The number of alkyl halides is 3. The fourth-order valence-electron chi connectivity index (χ4n) is 2.29. The van der Waals surface area contributed by atoms with Crippen LogP contribution in [-0.4, -0.2) is 32.2 Å². The highest BCUT2D eigenvalue weighted by Crippen LogP contribution is 2.21. The number of halogens is 3. The molecule has 2 N–H and O–H groups in total. The van der Waals surface area contributed by atoms with Gasteiger partial charge >= 0.3 is 6.18 Å². The van der Waals surface area contributed by atoms with Crippen molar-refractivity contribution in [2.24, 2.45) is 0 Å².